The van der Waals surface area contributed by atoms with Crippen LogP contribution in [0.25, 0.3) is 0 Å². The van der Waals surface area contributed by atoms with Gasteiger partial charge in [-0.15, -0.1) is 47.5 Å². The molecule has 28 heavy (non-hydrogen) atoms. The molecule has 0 unspecified atom stereocenters. The zero-order valence-electron chi connectivity index (χ0n) is 14.9. The van der Waals surface area contributed by atoms with Crippen LogP contribution in [0.1, 0.15) is 26.2 Å². The van der Waals surface area contributed by atoms with Gasteiger partial charge in [0.15, 0.2) is 11.6 Å². The summed E-state index contributed by atoms with van der Waals surface area (Å²) in [5, 5.41) is 4.14. The van der Waals surface area contributed by atoms with Gasteiger partial charge in [0, 0.05) is 47.6 Å². The molecular weight excluding hydrogens is 435 g/mol. The number of thiophene rings is 2. The Hall–Kier alpha value is -1.93. The summed E-state index contributed by atoms with van der Waals surface area (Å²) in [4.78, 5) is 24.1. The third-order valence-electron chi connectivity index (χ3n) is 4.20. The van der Waals surface area contributed by atoms with Crippen molar-refractivity contribution in [3.8, 4) is 0 Å². The molecule has 4 aromatic rings. The Labute approximate surface area is 183 Å². The highest BCUT2D eigenvalue weighted by Crippen LogP contribution is 2.14. The quantitative estimate of drug-likeness (QED) is 0.360. The Morgan fingerprint density at radius 1 is 0.821 bits per heavy atom. The van der Waals surface area contributed by atoms with Gasteiger partial charge in [-0.05, 0) is 35.7 Å². The van der Waals surface area contributed by atoms with Crippen molar-refractivity contribution in [1.82, 2.24) is 19.1 Å². The van der Waals surface area contributed by atoms with Crippen LogP contribution in [0, 0.1) is 0 Å². The maximum Gasteiger partial charge on any atom is 0.263 e. The van der Waals surface area contributed by atoms with Crippen LogP contribution in [0.2, 0.25) is 0 Å². The first-order valence-corrected chi connectivity index (χ1v) is 10.2. The maximum atomic E-state index is 13.0. The first-order chi connectivity index (χ1) is 12.8. The minimum atomic E-state index is -0.127. The maximum absolute atomic E-state index is 13.0. The second-order valence-corrected chi connectivity index (χ2v) is 7.94. The predicted molar refractivity (Wildman–Crippen MR) is 118 cm³/mol. The Kier molecular flexibility index (Phi) is 8.44. The largest absolute Gasteiger partial charge is 0.328 e. The topological polar surface area (TPSA) is 52.7 Å². The van der Waals surface area contributed by atoms with E-state index in [0.29, 0.717) is 11.6 Å². The lowest BCUT2D eigenvalue weighted by molar-refractivity contribution is 0.101. The van der Waals surface area contributed by atoms with Crippen molar-refractivity contribution in [2.45, 2.75) is 25.9 Å². The molecule has 5 nitrogen and oxygen atoms in total. The van der Waals surface area contributed by atoms with E-state index in [4.69, 9.17) is 0 Å². The van der Waals surface area contributed by atoms with E-state index in [1.54, 1.807) is 35.1 Å². The van der Waals surface area contributed by atoms with Crippen molar-refractivity contribution in [3.63, 3.8) is 0 Å². The number of aryl methyl sites for hydroxylation is 4. The number of carbonyl (C=O) groups excluding carboxylic acids is 1. The average molecular weight is 455 g/mol. The zero-order valence-corrected chi connectivity index (χ0v) is 18.2. The molecular formula is C19H20Cl2N4OS2. The van der Waals surface area contributed by atoms with Gasteiger partial charge >= 0.3 is 0 Å². The second-order valence-electron chi connectivity index (χ2n) is 5.88. The van der Waals surface area contributed by atoms with Crippen LogP contribution in [0.15, 0.2) is 59.8 Å². The van der Waals surface area contributed by atoms with Crippen LogP contribution in [0.5, 0.6) is 0 Å². The highest BCUT2D eigenvalue weighted by molar-refractivity contribution is 7.10. The first kappa shape index (κ1) is 22.4. The Balaban J connectivity index is 0.00000140. The second kappa shape index (κ2) is 10.6. The van der Waals surface area contributed by atoms with E-state index in [0.717, 1.165) is 25.9 Å². The first-order valence-electron chi connectivity index (χ1n) is 8.43. The fourth-order valence-electron chi connectivity index (χ4n) is 2.87. The van der Waals surface area contributed by atoms with Gasteiger partial charge in [0.25, 0.3) is 5.78 Å². The van der Waals surface area contributed by atoms with Crippen LogP contribution in [0.3, 0.4) is 0 Å². The lowest BCUT2D eigenvalue weighted by Gasteiger charge is -2.08. The third-order valence-corrected chi connectivity index (χ3v) is 6.07. The Morgan fingerprint density at radius 3 is 1.68 bits per heavy atom. The summed E-state index contributed by atoms with van der Waals surface area (Å²) in [6.45, 7) is 1.47. The number of rotatable bonds is 8. The number of nitrogens with zero attached hydrogens (tertiary/aromatic N) is 4. The molecule has 0 spiro atoms. The molecule has 0 N–H and O–H groups in total. The third kappa shape index (κ3) is 5.11. The summed E-state index contributed by atoms with van der Waals surface area (Å²) in [5.74, 6) is 0.771. The lowest BCUT2D eigenvalue weighted by Crippen LogP contribution is -2.17. The number of hydrogen-bond donors (Lipinski definition) is 0. The van der Waals surface area contributed by atoms with E-state index in [9.17, 15) is 4.79 Å². The molecule has 4 aromatic heterocycles. The molecule has 0 aliphatic carbocycles. The monoisotopic (exact) mass is 454 g/mol. The van der Waals surface area contributed by atoms with E-state index in [1.807, 2.05) is 33.7 Å². The molecule has 0 aromatic carbocycles. The van der Waals surface area contributed by atoms with Crippen molar-refractivity contribution in [2.24, 2.45) is 0 Å². The van der Waals surface area contributed by atoms with Crippen LogP contribution in [-0.2, 0) is 25.9 Å². The van der Waals surface area contributed by atoms with E-state index >= 15 is 0 Å². The number of halogens is 2. The highest BCUT2D eigenvalue weighted by atomic mass is 35.5. The number of hydrogen-bond acceptors (Lipinski definition) is 5. The van der Waals surface area contributed by atoms with E-state index < -0.39 is 0 Å². The van der Waals surface area contributed by atoms with Crippen molar-refractivity contribution in [1.29, 1.82) is 0 Å². The van der Waals surface area contributed by atoms with Crippen molar-refractivity contribution < 1.29 is 4.79 Å². The molecule has 0 bridgehead atoms. The molecule has 0 fully saturated rings. The van der Waals surface area contributed by atoms with Crippen molar-refractivity contribution in [3.05, 3.63) is 81.2 Å². The number of aromatic nitrogens is 4. The molecule has 0 aliphatic heterocycles. The summed E-state index contributed by atoms with van der Waals surface area (Å²) in [5.41, 5.74) is 0. The Bertz CT molecular complexity index is 899. The normalized spacial score (nSPS) is 10.3. The van der Waals surface area contributed by atoms with Gasteiger partial charge in [-0.2, -0.15) is 0 Å². The molecule has 0 saturated heterocycles. The smallest absolute Gasteiger partial charge is 0.263 e. The standard InChI is InChI=1S/C19H18N4OS2.2ClH/c24-17(18-20-7-11-22(18)9-5-15-3-1-13-25-15)19-21-8-12-23(19)10-6-16-4-2-14-26-16;;/h1-4,7-8,11-14H,5-6,9-10H2;2*1H. The van der Waals surface area contributed by atoms with Gasteiger partial charge in [0.2, 0.25) is 0 Å². The molecule has 4 heterocycles. The fraction of sp³-hybridized carbons (Fsp3) is 0.211. The van der Waals surface area contributed by atoms with Gasteiger partial charge in [0.05, 0.1) is 0 Å². The van der Waals surface area contributed by atoms with Gasteiger partial charge in [-0.3, -0.25) is 4.79 Å². The summed E-state index contributed by atoms with van der Waals surface area (Å²) < 4.78 is 3.83. The zero-order chi connectivity index (χ0) is 17.8. The number of carbonyl (C=O) groups is 1. The SMILES string of the molecule is Cl.Cl.O=C(c1nccn1CCc1cccs1)c1nccn1CCc1cccs1. The molecule has 9 heteroatoms. The van der Waals surface area contributed by atoms with Gasteiger partial charge < -0.3 is 9.13 Å². The summed E-state index contributed by atoms with van der Waals surface area (Å²) in [6.07, 6.45) is 8.86. The summed E-state index contributed by atoms with van der Waals surface area (Å²) >= 11 is 3.46. The number of imidazole rings is 2. The minimum Gasteiger partial charge on any atom is -0.328 e. The lowest BCUT2D eigenvalue weighted by atomic mass is 10.3. The molecule has 0 amide bonds. The fourth-order valence-corrected chi connectivity index (χ4v) is 4.26. The average Bonchev–Trinajstić information content (AvgIpc) is 3.46. The number of ketones is 1. The van der Waals surface area contributed by atoms with Gasteiger partial charge in [-0.1, -0.05) is 12.1 Å². The van der Waals surface area contributed by atoms with Crippen LogP contribution in [0.4, 0.5) is 0 Å². The molecule has 0 atom stereocenters. The molecule has 0 saturated carbocycles. The summed E-state index contributed by atoms with van der Waals surface area (Å²) in [7, 11) is 0. The van der Waals surface area contributed by atoms with Gasteiger partial charge in [0.1, 0.15) is 0 Å². The molecule has 4 rings (SSSR count). The van der Waals surface area contributed by atoms with Gasteiger partial charge in [-0.25, -0.2) is 9.97 Å². The minimum absolute atomic E-state index is 0. The van der Waals surface area contributed by atoms with Crippen LogP contribution < -0.4 is 0 Å². The van der Waals surface area contributed by atoms with Crippen LogP contribution >= 0.6 is 47.5 Å². The molecule has 0 radical (unpaired) electrons. The van der Waals surface area contributed by atoms with E-state index in [1.165, 1.54) is 9.75 Å². The van der Waals surface area contributed by atoms with Crippen molar-refractivity contribution >= 4 is 53.3 Å². The molecule has 148 valence electrons. The van der Waals surface area contributed by atoms with E-state index in [2.05, 4.69) is 32.9 Å². The summed E-state index contributed by atoms with van der Waals surface area (Å²) in [6, 6.07) is 8.31. The van der Waals surface area contributed by atoms with Crippen molar-refractivity contribution in [2.75, 3.05) is 0 Å². The van der Waals surface area contributed by atoms with E-state index in [-0.39, 0.29) is 30.6 Å². The Morgan fingerprint density at radius 2 is 1.29 bits per heavy atom. The van der Waals surface area contributed by atoms with Crippen LogP contribution in [-0.4, -0.2) is 24.9 Å². The molecule has 0 aliphatic rings. The highest BCUT2D eigenvalue weighted by Gasteiger charge is 2.20. The predicted octanol–water partition coefficient (Wildman–Crippen LogP) is 4.76.